The number of aryl methyl sites for hydroxylation is 2. The highest BCUT2D eigenvalue weighted by Gasteiger charge is 2.49. The molecule has 0 bridgehead atoms. The summed E-state index contributed by atoms with van der Waals surface area (Å²) in [7, 11) is 0. The molecule has 38 heavy (non-hydrogen) atoms. The second-order valence-corrected chi connectivity index (χ2v) is 12.2. The molecular weight excluding hydrogens is 478 g/mol. The Hall–Kier alpha value is -3.13. The van der Waals surface area contributed by atoms with E-state index < -0.39 is 11.4 Å². The largest absolute Gasteiger partial charge is 0.482 e. The summed E-state index contributed by atoms with van der Waals surface area (Å²) in [4.78, 5) is 16.5. The SMILES string of the molecule is Cc1ccc([C@@H](C)Oc2cc(N3CC([C@H]4CCCN(C5CC(C)(C(=O)O)C5)C4)C3)cn3cnnc23)c(C)c1. The molecular formula is C30H39N5O3. The Kier molecular flexibility index (Phi) is 6.33. The zero-order chi connectivity index (χ0) is 26.6. The van der Waals surface area contributed by atoms with E-state index in [4.69, 9.17) is 4.74 Å². The van der Waals surface area contributed by atoms with Gasteiger partial charge in [-0.1, -0.05) is 23.8 Å². The average molecular weight is 518 g/mol. The molecule has 0 unspecified atom stereocenters. The van der Waals surface area contributed by atoms with Gasteiger partial charge in [0.2, 0.25) is 5.65 Å². The molecule has 1 aromatic carbocycles. The van der Waals surface area contributed by atoms with Crippen LogP contribution in [0.15, 0.2) is 36.8 Å². The van der Waals surface area contributed by atoms with Crippen molar-refractivity contribution in [1.29, 1.82) is 0 Å². The highest BCUT2D eigenvalue weighted by Crippen LogP contribution is 2.45. The van der Waals surface area contributed by atoms with E-state index in [1.54, 1.807) is 6.33 Å². The first-order chi connectivity index (χ1) is 18.2. The van der Waals surface area contributed by atoms with Crippen LogP contribution >= 0.6 is 0 Å². The third-order valence-corrected chi connectivity index (χ3v) is 9.35. The van der Waals surface area contributed by atoms with E-state index in [-0.39, 0.29) is 6.10 Å². The van der Waals surface area contributed by atoms with Crippen LogP contribution in [0.3, 0.4) is 0 Å². The third kappa shape index (κ3) is 4.53. The van der Waals surface area contributed by atoms with Crippen molar-refractivity contribution in [2.24, 2.45) is 17.3 Å². The summed E-state index contributed by atoms with van der Waals surface area (Å²) in [6.07, 6.45) is 7.80. The van der Waals surface area contributed by atoms with Crippen molar-refractivity contribution in [1.82, 2.24) is 19.5 Å². The molecule has 1 N–H and O–H groups in total. The van der Waals surface area contributed by atoms with Gasteiger partial charge in [-0.05, 0) is 82.9 Å². The van der Waals surface area contributed by atoms with Gasteiger partial charge in [-0.2, -0.15) is 0 Å². The van der Waals surface area contributed by atoms with E-state index >= 15 is 0 Å². The van der Waals surface area contributed by atoms with Crippen LogP contribution in [0, 0.1) is 31.1 Å². The number of carboxylic acid groups (broad SMARTS) is 1. The lowest BCUT2D eigenvalue weighted by Gasteiger charge is -2.52. The Morgan fingerprint density at radius 1 is 1.16 bits per heavy atom. The van der Waals surface area contributed by atoms with Crippen molar-refractivity contribution in [3.8, 4) is 5.75 Å². The van der Waals surface area contributed by atoms with Gasteiger partial charge in [-0.15, -0.1) is 10.2 Å². The van der Waals surface area contributed by atoms with E-state index in [2.05, 4.69) is 71.2 Å². The number of aromatic nitrogens is 3. The summed E-state index contributed by atoms with van der Waals surface area (Å²) in [6, 6.07) is 9.03. The van der Waals surface area contributed by atoms with Crippen LogP contribution in [0.5, 0.6) is 5.75 Å². The molecule has 202 valence electrons. The molecule has 3 aliphatic rings. The number of likely N-dealkylation sites (tertiary alicyclic amines) is 1. The third-order valence-electron chi connectivity index (χ3n) is 9.35. The number of nitrogens with zero attached hydrogens (tertiary/aromatic N) is 5. The van der Waals surface area contributed by atoms with Crippen LogP contribution in [0.25, 0.3) is 5.65 Å². The van der Waals surface area contributed by atoms with Crippen LogP contribution in [0.4, 0.5) is 5.69 Å². The van der Waals surface area contributed by atoms with Crippen molar-refractivity contribution < 1.29 is 14.6 Å². The molecule has 2 aliphatic heterocycles. The number of rotatable bonds is 7. The lowest BCUT2D eigenvalue weighted by molar-refractivity contribution is -0.158. The molecule has 0 spiro atoms. The Bertz CT molecular complexity index is 1340. The van der Waals surface area contributed by atoms with Gasteiger partial charge in [0.15, 0.2) is 5.75 Å². The maximum Gasteiger partial charge on any atom is 0.309 e. The van der Waals surface area contributed by atoms with Crippen LogP contribution < -0.4 is 9.64 Å². The highest BCUT2D eigenvalue weighted by atomic mass is 16.5. The fourth-order valence-corrected chi connectivity index (χ4v) is 6.88. The summed E-state index contributed by atoms with van der Waals surface area (Å²) < 4.78 is 8.45. The van der Waals surface area contributed by atoms with Gasteiger partial charge in [-0.25, -0.2) is 0 Å². The summed E-state index contributed by atoms with van der Waals surface area (Å²) in [5.41, 5.74) is 5.01. The first-order valence-electron chi connectivity index (χ1n) is 14.0. The molecule has 8 heteroatoms. The van der Waals surface area contributed by atoms with Gasteiger partial charge < -0.3 is 19.6 Å². The van der Waals surface area contributed by atoms with Crippen LogP contribution in [0.2, 0.25) is 0 Å². The summed E-state index contributed by atoms with van der Waals surface area (Å²) in [5, 5.41) is 17.9. The standard InChI is InChI=1S/C30H39N5O3/c1-19-7-8-26(20(2)10-19)21(3)38-27-11-24(17-35-18-31-32-28(27)35)34-15-23(16-34)22-6-5-9-33(14-22)25-12-30(4,13-25)29(36)37/h7-8,10-11,17-18,21-23,25H,5-6,9,12-16H2,1-4H3,(H,36,37)/t21-,22+,25?,30?/m1/s1. The second kappa shape index (κ2) is 9.56. The highest BCUT2D eigenvalue weighted by molar-refractivity contribution is 5.75. The molecule has 4 heterocycles. The van der Waals surface area contributed by atoms with Crippen molar-refractivity contribution >= 4 is 17.3 Å². The average Bonchev–Trinajstić information content (AvgIpc) is 3.30. The van der Waals surface area contributed by atoms with E-state index in [1.807, 2.05) is 11.3 Å². The Morgan fingerprint density at radius 3 is 2.68 bits per heavy atom. The van der Waals surface area contributed by atoms with E-state index in [0.29, 0.717) is 17.9 Å². The van der Waals surface area contributed by atoms with Gasteiger partial charge in [0.25, 0.3) is 0 Å². The number of carboxylic acids is 1. The number of hydrogen-bond donors (Lipinski definition) is 1. The van der Waals surface area contributed by atoms with Gasteiger partial charge in [0.05, 0.1) is 11.1 Å². The molecule has 3 fully saturated rings. The number of pyridine rings is 1. The predicted molar refractivity (Wildman–Crippen MR) is 147 cm³/mol. The summed E-state index contributed by atoms with van der Waals surface area (Å²) in [6.45, 7) is 12.5. The van der Waals surface area contributed by atoms with Crippen molar-refractivity contribution in [3.05, 3.63) is 53.5 Å². The molecule has 2 saturated heterocycles. The van der Waals surface area contributed by atoms with Gasteiger partial charge in [-0.3, -0.25) is 9.20 Å². The molecule has 0 amide bonds. The molecule has 2 atom stereocenters. The Balaban J connectivity index is 1.11. The zero-order valence-corrected chi connectivity index (χ0v) is 22.9. The monoisotopic (exact) mass is 517 g/mol. The minimum atomic E-state index is -0.645. The lowest BCUT2D eigenvalue weighted by Crippen LogP contribution is -2.58. The lowest BCUT2D eigenvalue weighted by atomic mass is 9.65. The molecule has 3 aromatic rings. The Morgan fingerprint density at radius 2 is 1.95 bits per heavy atom. The molecule has 0 radical (unpaired) electrons. The van der Waals surface area contributed by atoms with Gasteiger partial charge in [0.1, 0.15) is 12.4 Å². The quantitative estimate of drug-likeness (QED) is 0.478. The maximum atomic E-state index is 11.5. The first-order valence-corrected chi connectivity index (χ1v) is 14.0. The molecule has 6 rings (SSSR count). The number of aliphatic carboxylic acids is 1. The maximum absolute atomic E-state index is 11.5. The van der Waals surface area contributed by atoms with Crippen LogP contribution in [-0.4, -0.2) is 62.8 Å². The van der Waals surface area contributed by atoms with E-state index in [1.165, 1.54) is 29.5 Å². The van der Waals surface area contributed by atoms with Crippen molar-refractivity contribution in [2.75, 3.05) is 31.1 Å². The minimum absolute atomic E-state index is 0.0989. The number of carbonyl (C=O) groups is 1. The van der Waals surface area contributed by atoms with Gasteiger partial charge >= 0.3 is 5.97 Å². The Labute approximate surface area is 224 Å². The van der Waals surface area contributed by atoms with E-state index in [0.717, 1.165) is 56.1 Å². The molecule has 1 saturated carbocycles. The number of ether oxygens (including phenoxy) is 1. The zero-order valence-electron chi connectivity index (χ0n) is 22.9. The fourth-order valence-electron chi connectivity index (χ4n) is 6.88. The van der Waals surface area contributed by atoms with E-state index in [9.17, 15) is 9.90 Å². The fraction of sp³-hybridized carbons (Fsp3) is 0.567. The summed E-state index contributed by atoms with van der Waals surface area (Å²) in [5.74, 6) is 1.45. The minimum Gasteiger partial charge on any atom is -0.482 e. The van der Waals surface area contributed by atoms with Crippen molar-refractivity contribution in [3.63, 3.8) is 0 Å². The predicted octanol–water partition coefficient (Wildman–Crippen LogP) is 4.89. The normalized spacial score (nSPS) is 27.1. The topological polar surface area (TPSA) is 83.2 Å². The number of fused-ring (bicyclic) bond motifs is 1. The molecule has 1 aliphatic carbocycles. The second-order valence-electron chi connectivity index (χ2n) is 12.2. The van der Waals surface area contributed by atoms with Crippen molar-refractivity contribution in [2.45, 2.75) is 65.5 Å². The van der Waals surface area contributed by atoms with Crippen LogP contribution in [-0.2, 0) is 4.79 Å². The number of anilines is 1. The smallest absolute Gasteiger partial charge is 0.309 e. The molecule has 8 nitrogen and oxygen atoms in total. The molecule has 2 aromatic heterocycles. The van der Waals surface area contributed by atoms with Gasteiger partial charge in [0, 0.05) is 37.9 Å². The number of piperidine rings is 1. The number of benzene rings is 1. The van der Waals surface area contributed by atoms with Crippen LogP contribution in [0.1, 0.15) is 62.3 Å². The first kappa shape index (κ1) is 25.2. The number of hydrogen-bond acceptors (Lipinski definition) is 6. The summed E-state index contributed by atoms with van der Waals surface area (Å²) >= 11 is 0.